The maximum atomic E-state index is 13.6. The molecule has 5 nitrogen and oxygen atoms in total. The van der Waals surface area contributed by atoms with E-state index in [4.69, 9.17) is 5.11 Å². The first-order valence-electron chi connectivity index (χ1n) is 4.77. The van der Waals surface area contributed by atoms with Crippen LogP contribution < -0.4 is 0 Å². The van der Waals surface area contributed by atoms with Crippen LogP contribution in [0.2, 0.25) is 0 Å². The molecule has 2 rings (SSSR count). The molecule has 88 valence electrons. The number of hydrogen-bond acceptors (Lipinski definition) is 3. The molecule has 2 aromatic rings. The summed E-state index contributed by atoms with van der Waals surface area (Å²) in [6.07, 6.45) is 0. The lowest BCUT2D eigenvalue weighted by Crippen LogP contribution is -1.95. The number of phenols is 1. The number of rotatable bonds is 2. The van der Waals surface area contributed by atoms with Crippen molar-refractivity contribution in [3.8, 4) is 17.0 Å². The molecule has 17 heavy (non-hydrogen) atoms. The number of aromatic hydroxyl groups is 1. The Balaban J connectivity index is 2.56. The second-order valence-corrected chi connectivity index (χ2v) is 3.62. The van der Waals surface area contributed by atoms with E-state index in [1.165, 1.54) is 18.2 Å². The molecule has 0 saturated heterocycles. The molecular formula is C11H9FN2O3. The number of nitrogens with one attached hydrogen (secondary N) is 1. The lowest BCUT2D eigenvalue weighted by molar-refractivity contribution is 0.0690. The number of carbonyl (C=O) groups is 1. The standard InChI is InChI=1S/C11H9FN2O3/c1-5-2-6(10(12)9(15)3-5)7-4-8(11(16)17)14-13-7/h2-4,15H,1H3,(H,13,14)(H,16,17). The SMILES string of the molecule is Cc1cc(O)c(F)c(-c2cc(C(=O)O)[nH]n2)c1. The van der Waals surface area contributed by atoms with Crippen molar-refractivity contribution in [1.29, 1.82) is 0 Å². The molecular weight excluding hydrogens is 227 g/mol. The third-order valence-corrected chi connectivity index (χ3v) is 2.28. The van der Waals surface area contributed by atoms with Crippen molar-refractivity contribution in [1.82, 2.24) is 10.2 Å². The molecule has 0 fully saturated rings. The first kappa shape index (κ1) is 11.1. The minimum absolute atomic E-state index is 0.0613. The molecule has 0 atom stereocenters. The number of aromatic carboxylic acids is 1. The van der Waals surface area contributed by atoms with Gasteiger partial charge in [0.2, 0.25) is 0 Å². The molecule has 1 heterocycles. The highest BCUT2D eigenvalue weighted by Gasteiger charge is 2.15. The largest absolute Gasteiger partial charge is 0.505 e. The molecule has 0 aliphatic rings. The van der Waals surface area contributed by atoms with E-state index in [0.717, 1.165) is 0 Å². The second kappa shape index (κ2) is 3.89. The van der Waals surface area contributed by atoms with Crippen LogP contribution >= 0.6 is 0 Å². The Bertz CT molecular complexity index is 592. The first-order chi connectivity index (χ1) is 7.99. The maximum Gasteiger partial charge on any atom is 0.353 e. The van der Waals surface area contributed by atoms with Crippen LogP contribution in [-0.4, -0.2) is 26.4 Å². The monoisotopic (exact) mass is 236 g/mol. The van der Waals surface area contributed by atoms with Crippen LogP contribution in [0, 0.1) is 12.7 Å². The number of nitrogens with zero attached hydrogens (tertiary/aromatic N) is 1. The highest BCUT2D eigenvalue weighted by atomic mass is 19.1. The van der Waals surface area contributed by atoms with Crippen LogP contribution in [0.3, 0.4) is 0 Å². The lowest BCUT2D eigenvalue weighted by Gasteiger charge is -2.03. The Hall–Kier alpha value is -2.37. The highest BCUT2D eigenvalue weighted by Crippen LogP contribution is 2.29. The van der Waals surface area contributed by atoms with Gasteiger partial charge in [0, 0.05) is 5.56 Å². The topological polar surface area (TPSA) is 86.2 Å². The molecule has 0 radical (unpaired) electrons. The fourth-order valence-corrected chi connectivity index (χ4v) is 1.51. The van der Waals surface area contributed by atoms with Gasteiger partial charge in [0.15, 0.2) is 11.6 Å². The predicted octanol–water partition coefficient (Wildman–Crippen LogP) is 1.93. The molecule has 0 spiro atoms. The number of halogens is 1. The van der Waals surface area contributed by atoms with Crippen LogP contribution in [0.15, 0.2) is 18.2 Å². The van der Waals surface area contributed by atoms with Crippen molar-refractivity contribution in [3.05, 3.63) is 35.3 Å². The molecule has 3 N–H and O–H groups in total. The zero-order valence-electron chi connectivity index (χ0n) is 8.86. The minimum atomic E-state index is -1.18. The summed E-state index contributed by atoms with van der Waals surface area (Å²) in [6.45, 7) is 1.69. The number of hydrogen-bond donors (Lipinski definition) is 3. The van der Waals surface area contributed by atoms with E-state index in [1.54, 1.807) is 6.92 Å². The molecule has 0 unspecified atom stereocenters. The quantitative estimate of drug-likeness (QED) is 0.743. The Morgan fingerprint density at radius 3 is 2.71 bits per heavy atom. The summed E-state index contributed by atoms with van der Waals surface area (Å²) in [5.74, 6) is -2.49. The van der Waals surface area contributed by atoms with E-state index in [-0.39, 0.29) is 17.0 Å². The molecule has 6 heteroatoms. The van der Waals surface area contributed by atoms with E-state index >= 15 is 0 Å². The van der Waals surface area contributed by atoms with E-state index in [0.29, 0.717) is 5.56 Å². The van der Waals surface area contributed by atoms with Gasteiger partial charge in [-0.05, 0) is 30.7 Å². The van der Waals surface area contributed by atoms with Gasteiger partial charge in [-0.1, -0.05) is 0 Å². The first-order valence-corrected chi connectivity index (χ1v) is 4.77. The average molecular weight is 236 g/mol. The molecule has 0 aliphatic heterocycles. The minimum Gasteiger partial charge on any atom is -0.505 e. The number of carboxylic acid groups (broad SMARTS) is 1. The van der Waals surface area contributed by atoms with E-state index in [9.17, 15) is 14.3 Å². The van der Waals surface area contributed by atoms with Gasteiger partial charge < -0.3 is 10.2 Å². The summed E-state index contributed by atoms with van der Waals surface area (Å²) < 4.78 is 13.6. The predicted molar refractivity (Wildman–Crippen MR) is 57.3 cm³/mol. The summed E-state index contributed by atoms with van der Waals surface area (Å²) in [5.41, 5.74) is 0.712. The van der Waals surface area contributed by atoms with Crippen LogP contribution in [0.5, 0.6) is 5.75 Å². The smallest absolute Gasteiger partial charge is 0.353 e. The number of benzene rings is 1. The second-order valence-electron chi connectivity index (χ2n) is 3.62. The Morgan fingerprint density at radius 2 is 2.12 bits per heavy atom. The Labute approximate surface area is 95.5 Å². The van der Waals surface area contributed by atoms with Crippen molar-refractivity contribution >= 4 is 5.97 Å². The summed E-state index contributed by atoms with van der Waals surface area (Å²) in [4.78, 5) is 10.6. The normalized spacial score (nSPS) is 10.5. The number of carboxylic acids is 1. The average Bonchev–Trinajstić information content (AvgIpc) is 2.72. The zero-order chi connectivity index (χ0) is 12.6. The molecule has 0 bridgehead atoms. The van der Waals surface area contributed by atoms with Gasteiger partial charge >= 0.3 is 5.97 Å². The van der Waals surface area contributed by atoms with Crippen LogP contribution in [0.4, 0.5) is 4.39 Å². The van der Waals surface area contributed by atoms with Gasteiger partial charge in [-0.25, -0.2) is 9.18 Å². The summed E-state index contributed by atoms with van der Waals surface area (Å²) in [7, 11) is 0. The van der Waals surface area contributed by atoms with Crippen molar-refractivity contribution in [3.63, 3.8) is 0 Å². The zero-order valence-corrected chi connectivity index (χ0v) is 8.86. The van der Waals surface area contributed by atoms with E-state index < -0.39 is 17.5 Å². The lowest BCUT2D eigenvalue weighted by atomic mass is 10.1. The van der Waals surface area contributed by atoms with E-state index in [2.05, 4.69) is 10.2 Å². The van der Waals surface area contributed by atoms with Crippen LogP contribution in [0.25, 0.3) is 11.3 Å². The van der Waals surface area contributed by atoms with Crippen LogP contribution in [-0.2, 0) is 0 Å². The van der Waals surface area contributed by atoms with Crippen molar-refractivity contribution in [2.75, 3.05) is 0 Å². The molecule has 1 aromatic carbocycles. The Kier molecular flexibility index (Phi) is 2.55. The van der Waals surface area contributed by atoms with Gasteiger partial charge in [0.25, 0.3) is 0 Å². The number of phenolic OH excluding ortho intramolecular Hbond substituents is 1. The van der Waals surface area contributed by atoms with Gasteiger partial charge in [-0.15, -0.1) is 0 Å². The van der Waals surface area contributed by atoms with Gasteiger partial charge in [0.05, 0.1) is 5.69 Å². The summed E-state index contributed by atoms with van der Waals surface area (Å²) in [5, 5.41) is 24.0. The summed E-state index contributed by atoms with van der Waals surface area (Å²) >= 11 is 0. The third kappa shape index (κ3) is 1.96. The number of H-pyrrole nitrogens is 1. The molecule has 0 amide bonds. The molecule has 0 aliphatic carbocycles. The fraction of sp³-hybridized carbons (Fsp3) is 0.0909. The van der Waals surface area contributed by atoms with Gasteiger partial charge in [-0.2, -0.15) is 5.10 Å². The van der Waals surface area contributed by atoms with Crippen LogP contribution in [0.1, 0.15) is 16.1 Å². The number of aryl methyl sites for hydroxylation is 1. The van der Waals surface area contributed by atoms with Crippen molar-refractivity contribution in [2.45, 2.75) is 6.92 Å². The maximum absolute atomic E-state index is 13.6. The third-order valence-electron chi connectivity index (χ3n) is 2.28. The van der Waals surface area contributed by atoms with Crippen molar-refractivity contribution < 1.29 is 19.4 Å². The van der Waals surface area contributed by atoms with Gasteiger partial charge in [0.1, 0.15) is 5.69 Å². The van der Waals surface area contributed by atoms with Gasteiger partial charge in [-0.3, -0.25) is 5.10 Å². The summed E-state index contributed by atoms with van der Waals surface area (Å²) in [6, 6.07) is 3.97. The highest BCUT2D eigenvalue weighted by molar-refractivity contribution is 5.87. The Morgan fingerprint density at radius 1 is 1.41 bits per heavy atom. The fourth-order valence-electron chi connectivity index (χ4n) is 1.51. The molecule has 1 aromatic heterocycles. The number of aromatic amines is 1. The van der Waals surface area contributed by atoms with Crippen molar-refractivity contribution in [2.24, 2.45) is 0 Å². The number of aromatic nitrogens is 2. The molecule has 0 saturated carbocycles. The van der Waals surface area contributed by atoms with E-state index in [1.807, 2.05) is 0 Å².